The van der Waals surface area contributed by atoms with Gasteiger partial charge in [-0.25, -0.2) is 0 Å². The molecule has 2 aromatic rings. The second-order valence-corrected chi connectivity index (χ2v) is 10.6. The maximum atomic E-state index is 13.6. The Bertz CT molecular complexity index is 1120. The summed E-state index contributed by atoms with van der Waals surface area (Å²) in [7, 11) is 0. The third kappa shape index (κ3) is 5.37. The summed E-state index contributed by atoms with van der Waals surface area (Å²) in [6, 6.07) is 9.29. The number of hydrogen-bond acceptors (Lipinski definition) is 3. The van der Waals surface area contributed by atoms with Crippen LogP contribution in [0.2, 0.25) is 0 Å². The Labute approximate surface area is 208 Å². The second kappa shape index (κ2) is 10.2. The molecule has 2 saturated carbocycles. The number of carbonyl (C=O) groups excluding carboxylic acids is 1. The van der Waals surface area contributed by atoms with Gasteiger partial charge >= 0.3 is 6.18 Å². The molecule has 2 heterocycles. The largest absolute Gasteiger partial charge is 0.416 e. The Morgan fingerprint density at radius 1 is 0.943 bits per heavy atom. The molecule has 4 nitrogen and oxygen atoms in total. The minimum atomic E-state index is -4.41. The molecule has 0 N–H and O–H groups in total. The number of halogens is 3. The highest BCUT2D eigenvalue weighted by Crippen LogP contribution is 2.39. The van der Waals surface area contributed by atoms with Crippen molar-refractivity contribution in [2.45, 2.75) is 82.5 Å². The molecule has 0 atom stereocenters. The normalized spacial score (nSPS) is 23.1. The Hall–Kier alpha value is -2.48. The van der Waals surface area contributed by atoms with Crippen LogP contribution in [0.25, 0.3) is 11.8 Å². The molecule has 0 spiro atoms. The van der Waals surface area contributed by atoms with Crippen molar-refractivity contribution in [1.29, 1.82) is 0 Å². The van der Waals surface area contributed by atoms with Crippen molar-refractivity contribution in [1.82, 2.24) is 9.47 Å². The van der Waals surface area contributed by atoms with E-state index in [9.17, 15) is 18.0 Å². The van der Waals surface area contributed by atoms with Gasteiger partial charge in [0.1, 0.15) is 0 Å². The first-order chi connectivity index (χ1) is 16.9. The first-order valence-corrected chi connectivity index (χ1v) is 13.4. The molecule has 0 radical (unpaired) electrons. The Morgan fingerprint density at radius 3 is 2.37 bits per heavy atom. The highest BCUT2D eigenvalue weighted by Gasteiger charge is 2.39. The first-order valence-electron chi connectivity index (χ1n) is 12.6. The molecular weight excluding hydrogens is 471 g/mol. The van der Waals surface area contributed by atoms with Crippen LogP contribution in [0.1, 0.15) is 75.5 Å². The molecule has 1 aromatic heterocycles. The topological polar surface area (TPSA) is 37.6 Å². The maximum Gasteiger partial charge on any atom is 0.416 e. The summed E-state index contributed by atoms with van der Waals surface area (Å²) in [5.41, 5.74) is 0.383. The molecule has 8 heteroatoms. The molecule has 3 aliphatic rings. The average molecular weight is 502 g/mol. The summed E-state index contributed by atoms with van der Waals surface area (Å²) in [5.74, 6) is -0.0340. The highest BCUT2D eigenvalue weighted by molar-refractivity contribution is 8.18. The van der Waals surface area contributed by atoms with Gasteiger partial charge in [-0.3, -0.25) is 14.7 Å². The van der Waals surface area contributed by atoms with Crippen molar-refractivity contribution < 1.29 is 18.0 Å². The summed E-state index contributed by atoms with van der Waals surface area (Å²) in [4.78, 5) is 21.2. The Kier molecular flexibility index (Phi) is 7.09. The van der Waals surface area contributed by atoms with E-state index in [4.69, 9.17) is 4.99 Å². The highest BCUT2D eigenvalue weighted by atomic mass is 32.2. The molecule has 186 valence electrons. The number of alkyl halides is 3. The van der Waals surface area contributed by atoms with Crippen molar-refractivity contribution in [3.05, 3.63) is 58.8 Å². The van der Waals surface area contributed by atoms with Gasteiger partial charge in [0.05, 0.1) is 16.5 Å². The second-order valence-electron chi connectivity index (χ2n) is 9.63. The zero-order chi connectivity index (χ0) is 24.4. The van der Waals surface area contributed by atoms with Gasteiger partial charge < -0.3 is 4.57 Å². The summed E-state index contributed by atoms with van der Waals surface area (Å²) >= 11 is 1.42. The number of thioether (sulfide) groups is 1. The van der Waals surface area contributed by atoms with Gasteiger partial charge in [0.2, 0.25) is 0 Å². The van der Waals surface area contributed by atoms with Crippen molar-refractivity contribution in [2.75, 3.05) is 0 Å². The van der Waals surface area contributed by atoms with E-state index in [1.54, 1.807) is 29.0 Å². The SMILES string of the molecule is O=C1/C(=C/c2cccn2-c2cccc(C(F)(F)F)c2)SC(=NC2CCCCC2)N1C1CCCCC1. The minimum Gasteiger partial charge on any atom is -0.317 e. The molecule has 3 fully saturated rings. The number of hydrogen-bond donors (Lipinski definition) is 0. The quantitative estimate of drug-likeness (QED) is 0.409. The lowest BCUT2D eigenvalue weighted by Crippen LogP contribution is -2.41. The van der Waals surface area contributed by atoms with Crippen LogP contribution in [0.15, 0.2) is 52.5 Å². The van der Waals surface area contributed by atoms with Gasteiger partial charge in [-0.1, -0.05) is 44.6 Å². The van der Waals surface area contributed by atoms with Crippen molar-refractivity contribution in [2.24, 2.45) is 4.99 Å². The molecule has 1 saturated heterocycles. The van der Waals surface area contributed by atoms with Crippen LogP contribution in [-0.4, -0.2) is 32.6 Å². The van der Waals surface area contributed by atoms with Gasteiger partial charge in [-0.2, -0.15) is 13.2 Å². The lowest BCUT2D eigenvalue weighted by Gasteiger charge is -2.31. The van der Waals surface area contributed by atoms with Crippen LogP contribution in [0, 0.1) is 0 Å². The van der Waals surface area contributed by atoms with Crippen molar-refractivity contribution in [3.8, 4) is 5.69 Å². The van der Waals surface area contributed by atoms with E-state index in [0.717, 1.165) is 55.8 Å². The van der Waals surface area contributed by atoms with Gasteiger partial charge in [0, 0.05) is 23.6 Å². The summed E-state index contributed by atoms with van der Waals surface area (Å²) < 4.78 is 41.5. The van der Waals surface area contributed by atoms with Crippen LogP contribution in [-0.2, 0) is 11.0 Å². The number of aliphatic imine (C=N–C) groups is 1. The third-order valence-corrected chi connectivity index (χ3v) is 8.15. The number of nitrogens with zero attached hydrogens (tertiary/aromatic N) is 3. The Morgan fingerprint density at radius 2 is 1.66 bits per heavy atom. The predicted octanol–water partition coefficient (Wildman–Crippen LogP) is 7.43. The van der Waals surface area contributed by atoms with Crippen LogP contribution < -0.4 is 0 Å². The van der Waals surface area contributed by atoms with E-state index in [-0.39, 0.29) is 18.0 Å². The number of benzene rings is 1. The van der Waals surface area contributed by atoms with Crippen LogP contribution in [0.4, 0.5) is 13.2 Å². The molecule has 2 aliphatic carbocycles. The minimum absolute atomic E-state index is 0.0340. The van der Waals surface area contributed by atoms with E-state index in [0.29, 0.717) is 16.3 Å². The van der Waals surface area contributed by atoms with Gasteiger partial charge in [-0.05, 0) is 73.9 Å². The molecule has 1 aromatic carbocycles. The molecule has 35 heavy (non-hydrogen) atoms. The molecule has 1 amide bonds. The monoisotopic (exact) mass is 501 g/mol. The molecule has 0 bridgehead atoms. The fraction of sp³-hybridized carbons (Fsp3) is 0.481. The number of amides is 1. The lowest BCUT2D eigenvalue weighted by molar-refractivity contribution is -0.137. The predicted molar refractivity (Wildman–Crippen MR) is 134 cm³/mol. The molecule has 0 unspecified atom stereocenters. The summed E-state index contributed by atoms with van der Waals surface area (Å²) in [6.07, 6.45) is 10.3. The van der Waals surface area contributed by atoms with Crippen molar-refractivity contribution in [3.63, 3.8) is 0 Å². The zero-order valence-corrected chi connectivity index (χ0v) is 20.5. The fourth-order valence-corrected chi connectivity index (χ4v) is 6.41. The smallest absolute Gasteiger partial charge is 0.317 e. The number of aromatic nitrogens is 1. The lowest BCUT2D eigenvalue weighted by atomic mass is 9.94. The molecule has 1 aliphatic heterocycles. The first kappa shape index (κ1) is 24.2. The van der Waals surface area contributed by atoms with E-state index < -0.39 is 11.7 Å². The van der Waals surface area contributed by atoms with Crippen LogP contribution >= 0.6 is 11.8 Å². The number of rotatable bonds is 4. The van der Waals surface area contributed by atoms with E-state index >= 15 is 0 Å². The number of carbonyl (C=O) groups is 1. The standard InChI is InChI=1S/C27H30F3N3OS/c28-27(29,30)19-9-7-14-22(17-19)32-16-8-15-23(32)18-24-25(34)33(21-12-5-2-6-13-21)26(35-24)31-20-10-3-1-4-11-20/h7-9,14-18,20-21H,1-6,10-13H2/b24-18-,31-26?. The summed E-state index contributed by atoms with van der Waals surface area (Å²) in [5, 5.41) is 0.803. The van der Waals surface area contributed by atoms with Gasteiger partial charge in [0.25, 0.3) is 5.91 Å². The van der Waals surface area contributed by atoms with Crippen LogP contribution in [0.3, 0.4) is 0 Å². The van der Waals surface area contributed by atoms with Gasteiger partial charge in [0.15, 0.2) is 5.17 Å². The average Bonchev–Trinajstić information content (AvgIpc) is 3.44. The number of amidine groups is 1. The maximum absolute atomic E-state index is 13.6. The Balaban J connectivity index is 1.47. The van der Waals surface area contributed by atoms with E-state index in [2.05, 4.69) is 0 Å². The fourth-order valence-electron chi connectivity index (χ4n) is 5.32. The van der Waals surface area contributed by atoms with Crippen LogP contribution in [0.5, 0.6) is 0 Å². The third-order valence-electron chi connectivity index (χ3n) is 7.16. The van der Waals surface area contributed by atoms with Gasteiger partial charge in [-0.15, -0.1) is 0 Å². The zero-order valence-electron chi connectivity index (χ0n) is 19.6. The van der Waals surface area contributed by atoms with E-state index in [1.165, 1.54) is 43.5 Å². The summed E-state index contributed by atoms with van der Waals surface area (Å²) in [6.45, 7) is 0. The molecule has 5 rings (SSSR count). The molecular formula is C27H30F3N3OS. The van der Waals surface area contributed by atoms with Crippen molar-refractivity contribution >= 4 is 28.9 Å². The van der Waals surface area contributed by atoms with E-state index in [1.807, 2.05) is 11.0 Å².